The summed E-state index contributed by atoms with van der Waals surface area (Å²) < 4.78 is 0. The third-order valence-electron chi connectivity index (χ3n) is 3.24. The Morgan fingerprint density at radius 3 is 1.15 bits per heavy atom. The van der Waals surface area contributed by atoms with Crippen molar-refractivity contribution in [1.29, 1.82) is 0 Å². The van der Waals surface area contributed by atoms with E-state index in [4.69, 9.17) is 10.2 Å². The maximum absolute atomic E-state index is 8.72. The maximum atomic E-state index is 8.72. The number of aliphatic hydroxyl groups is 2. The van der Waals surface area contributed by atoms with Crippen LogP contribution in [0, 0.1) is 0 Å². The van der Waals surface area contributed by atoms with Gasteiger partial charge in [-0.25, -0.2) is 0 Å². The van der Waals surface area contributed by atoms with Crippen molar-refractivity contribution in [3.8, 4) is 0 Å². The van der Waals surface area contributed by atoms with Crippen LogP contribution in [0.3, 0.4) is 0 Å². The number of hydrogen-bond acceptors (Lipinski definition) is 2. The summed E-state index contributed by atoms with van der Waals surface area (Å²) in [7, 11) is 0. The van der Waals surface area contributed by atoms with Crippen molar-refractivity contribution in [2.24, 2.45) is 0 Å². The van der Waals surface area contributed by atoms with Crippen LogP contribution in [-0.4, -0.2) is 23.4 Å². The van der Waals surface area contributed by atoms with Gasteiger partial charge in [-0.3, -0.25) is 0 Å². The van der Waals surface area contributed by atoms with Crippen LogP contribution in [0.4, 0.5) is 0 Å². The Hall–Kier alpha value is -2.42. The number of rotatable bonds is 10. The lowest BCUT2D eigenvalue weighted by Gasteiger charge is -1.90. The standard InChI is InChI=1S/C24H32O2/c1-21(13-7-15-23(3)17-9-19-25)11-5-6-12-22(2)14-8-16-24(4)18-10-20-26/h5-18,25-26H,19-20H2,1-4H3/b6-5+,13-7+,14-8+,17-9+,18-10+,21-11+,22-12+,23-15+,24-16+. The van der Waals surface area contributed by atoms with Crippen molar-refractivity contribution < 1.29 is 10.2 Å². The third-order valence-corrected chi connectivity index (χ3v) is 3.24. The molecule has 0 heterocycles. The van der Waals surface area contributed by atoms with Crippen molar-refractivity contribution >= 4 is 0 Å². The van der Waals surface area contributed by atoms with Gasteiger partial charge >= 0.3 is 0 Å². The molecule has 0 saturated carbocycles. The molecule has 0 spiro atoms. The first kappa shape index (κ1) is 23.6. The van der Waals surface area contributed by atoms with E-state index in [1.165, 1.54) is 0 Å². The summed E-state index contributed by atoms with van der Waals surface area (Å²) in [5.41, 5.74) is 4.51. The molecule has 140 valence electrons. The van der Waals surface area contributed by atoms with Crippen LogP contribution in [-0.2, 0) is 0 Å². The number of allylic oxidation sites excluding steroid dienone is 16. The van der Waals surface area contributed by atoms with Gasteiger partial charge in [0.15, 0.2) is 0 Å². The van der Waals surface area contributed by atoms with Crippen LogP contribution >= 0.6 is 0 Å². The molecule has 2 nitrogen and oxygen atoms in total. The van der Waals surface area contributed by atoms with E-state index < -0.39 is 0 Å². The molecule has 2 heteroatoms. The normalized spacial score (nSPS) is 15.8. The van der Waals surface area contributed by atoms with Crippen molar-refractivity contribution in [1.82, 2.24) is 0 Å². The first-order valence-electron chi connectivity index (χ1n) is 8.76. The van der Waals surface area contributed by atoms with Crippen LogP contribution in [0.25, 0.3) is 0 Å². The molecule has 0 aromatic carbocycles. The second-order valence-electron chi connectivity index (χ2n) is 5.92. The summed E-state index contributed by atoms with van der Waals surface area (Å²) in [6, 6.07) is 0. The fraction of sp³-hybridized carbons (Fsp3) is 0.250. The van der Waals surface area contributed by atoms with Crippen LogP contribution in [0.2, 0.25) is 0 Å². The van der Waals surface area contributed by atoms with E-state index in [9.17, 15) is 0 Å². The Kier molecular flexibility index (Phi) is 14.6. The highest BCUT2D eigenvalue weighted by Crippen LogP contribution is 2.02. The Bertz CT molecular complexity index is 602. The summed E-state index contributed by atoms with van der Waals surface area (Å²) in [6.45, 7) is 8.23. The molecular weight excluding hydrogens is 320 g/mol. The third kappa shape index (κ3) is 15.1. The van der Waals surface area contributed by atoms with Crippen molar-refractivity contribution in [2.45, 2.75) is 27.7 Å². The first-order valence-corrected chi connectivity index (χ1v) is 8.76. The SMILES string of the molecule is CC(/C=C/C=C(C)/C=C/CO)=C\C=C\C=C(C)\C=C\C=C(C)\C=C\CO. The molecule has 0 aliphatic heterocycles. The molecule has 0 amide bonds. The van der Waals surface area contributed by atoms with Gasteiger partial charge < -0.3 is 10.2 Å². The minimum Gasteiger partial charge on any atom is -0.392 e. The predicted octanol–water partition coefficient (Wildman–Crippen LogP) is 5.54. The zero-order valence-electron chi connectivity index (χ0n) is 16.4. The van der Waals surface area contributed by atoms with Gasteiger partial charge in [-0.15, -0.1) is 0 Å². The van der Waals surface area contributed by atoms with Crippen LogP contribution < -0.4 is 0 Å². The van der Waals surface area contributed by atoms with E-state index in [1.54, 1.807) is 12.2 Å². The summed E-state index contributed by atoms with van der Waals surface area (Å²) >= 11 is 0. The van der Waals surface area contributed by atoms with Crippen LogP contribution in [0.15, 0.2) is 107 Å². The largest absolute Gasteiger partial charge is 0.392 e. The molecule has 0 aromatic heterocycles. The van der Waals surface area contributed by atoms with Gasteiger partial charge in [-0.05, 0) is 27.7 Å². The average molecular weight is 353 g/mol. The molecule has 0 aliphatic carbocycles. The maximum Gasteiger partial charge on any atom is 0.0615 e. The topological polar surface area (TPSA) is 40.5 Å². The van der Waals surface area contributed by atoms with E-state index in [0.29, 0.717) is 0 Å². The highest BCUT2D eigenvalue weighted by Gasteiger charge is 1.81. The summed E-state index contributed by atoms with van der Waals surface area (Å²) in [5.74, 6) is 0. The molecule has 26 heavy (non-hydrogen) atoms. The molecule has 0 saturated heterocycles. The minimum absolute atomic E-state index is 0.0669. The first-order chi connectivity index (χ1) is 12.5. The Labute approximate surface area is 159 Å². The second kappa shape index (κ2) is 16.1. The zero-order chi connectivity index (χ0) is 19.6. The van der Waals surface area contributed by atoms with Gasteiger partial charge in [0.2, 0.25) is 0 Å². The van der Waals surface area contributed by atoms with Crippen molar-refractivity contribution in [2.75, 3.05) is 13.2 Å². The van der Waals surface area contributed by atoms with E-state index in [0.717, 1.165) is 22.3 Å². The summed E-state index contributed by atoms with van der Waals surface area (Å²) in [4.78, 5) is 0. The van der Waals surface area contributed by atoms with Gasteiger partial charge in [0.05, 0.1) is 13.2 Å². The molecule has 2 N–H and O–H groups in total. The minimum atomic E-state index is 0.0669. The Balaban J connectivity index is 4.57. The lowest BCUT2D eigenvalue weighted by atomic mass is 10.2. The summed E-state index contributed by atoms with van der Waals surface area (Å²) in [6.07, 6.45) is 27.5. The lowest BCUT2D eigenvalue weighted by Crippen LogP contribution is -1.73. The second-order valence-corrected chi connectivity index (χ2v) is 5.92. The molecule has 0 aliphatic rings. The van der Waals surface area contributed by atoms with Gasteiger partial charge in [0.1, 0.15) is 0 Å². The molecule has 0 aromatic rings. The Morgan fingerprint density at radius 2 is 0.808 bits per heavy atom. The van der Waals surface area contributed by atoms with Gasteiger partial charge in [0, 0.05) is 0 Å². The van der Waals surface area contributed by atoms with E-state index in [2.05, 4.69) is 26.0 Å². The Morgan fingerprint density at radius 1 is 0.500 bits per heavy atom. The highest BCUT2D eigenvalue weighted by atomic mass is 16.3. The van der Waals surface area contributed by atoms with Gasteiger partial charge in [0.25, 0.3) is 0 Å². The van der Waals surface area contributed by atoms with Crippen molar-refractivity contribution in [3.05, 3.63) is 107 Å². The molecule has 0 unspecified atom stereocenters. The van der Waals surface area contributed by atoms with Crippen LogP contribution in [0.1, 0.15) is 27.7 Å². The fourth-order valence-corrected chi connectivity index (χ4v) is 1.82. The quantitative estimate of drug-likeness (QED) is 0.507. The number of aliphatic hydroxyl groups excluding tert-OH is 2. The van der Waals surface area contributed by atoms with Crippen molar-refractivity contribution in [3.63, 3.8) is 0 Å². The van der Waals surface area contributed by atoms with Gasteiger partial charge in [-0.1, -0.05) is 107 Å². The number of hydrogen-bond donors (Lipinski definition) is 2. The highest BCUT2D eigenvalue weighted by molar-refractivity contribution is 5.31. The fourth-order valence-electron chi connectivity index (χ4n) is 1.82. The van der Waals surface area contributed by atoms with Crippen LogP contribution in [0.5, 0.6) is 0 Å². The predicted molar refractivity (Wildman–Crippen MR) is 115 cm³/mol. The molecule has 0 atom stereocenters. The molecular formula is C24H32O2. The lowest BCUT2D eigenvalue weighted by molar-refractivity contribution is 0.342. The molecule has 0 radical (unpaired) electrons. The van der Waals surface area contributed by atoms with E-state index in [-0.39, 0.29) is 13.2 Å². The van der Waals surface area contributed by atoms with Gasteiger partial charge in [-0.2, -0.15) is 0 Å². The smallest absolute Gasteiger partial charge is 0.0615 e. The monoisotopic (exact) mass is 352 g/mol. The molecule has 0 rings (SSSR count). The van der Waals surface area contributed by atoms with E-state index in [1.807, 2.05) is 74.6 Å². The zero-order valence-corrected chi connectivity index (χ0v) is 16.4. The average Bonchev–Trinajstić information content (AvgIpc) is 2.61. The molecule has 0 fully saturated rings. The molecule has 0 bridgehead atoms. The van der Waals surface area contributed by atoms with E-state index >= 15 is 0 Å². The summed E-state index contributed by atoms with van der Waals surface area (Å²) in [5, 5.41) is 17.4.